The molecule has 4 aromatic carbocycles. The van der Waals surface area contributed by atoms with Crippen LogP contribution < -0.4 is 31.1 Å². The Labute approximate surface area is 497 Å². The van der Waals surface area contributed by atoms with Gasteiger partial charge < -0.3 is 42.8 Å². The number of nitriles is 1. The molecule has 5 aromatic rings. The van der Waals surface area contributed by atoms with Gasteiger partial charge in [0.15, 0.2) is 12.5 Å². The lowest BCUT2D eigenvalue weighted by atomic mass is 9.79. The minimum atomic E-state index is -2.08. The van der Waals surface area contributed by atoms with Gasteiger partial charge in [-0.2, -0.15) is 10.2 Å². The molecule has 2 aliphatic rings. The van der Waals surface area contributed by atoms with Crippen LogP contribution in [0, 0.1) is 18.3 Å². The highest BCUT2D eigenvalue weighted by Gasteiger charge is 2.68. The first-order chi connectivity index (χ1) is 39.9. The van der Waals surface area contributed by atoms with Gasteiger partial charge in [0, 0.05) is 52.1 Å². The number of carbonyl (C=O) groups is 3. The molecule has 452 valence electrons. The van der Waals surface area contributed by atoms with E-state index in [1.807, 2.05) is 107 Å². The van der Waals surface area contributed by atoms with Gasteiger partial charge in [-0.25, -0.2) is 19.1 Å². The molecule has 3 heterocycles. The molecule has 7 rings (SSSR count). The van der Waals surface area contributed by atoms with E-state index in [2.05, 4.69) is 71.0 Å². The average molecular weight is 1210 g/mol. The van der Waals surface area contributed by atoms with E-state index >= 15 is 0 Å². The number of ether oxygens (including phenoxy) is 6. The molecule has 1 unspecified atom stereocenters. The van der Waals surface area contributed by atoms with E-state index in [1.165, 1.54) is 4.57 Å². The zero-order chi connectivity index (χ0) is 61.0. The monoisotopic (exact) mass is 1210 g/mol. The number of hydrogen-bond donors (Lipinski definition) is 3. The summed E-state index contributed by atoms with van der Waals surface area (Å²) in [6, 6.07) is 35.7. The quantitative estimate of drug-likeness (QED) is 0.0139. The van der Waals surface area contributed by atoms with Crippen LogP contribution in [0.25, 0.3) is 0 Å². The SMILES string of the molecule is COc1ccc(C(OC[C@@]23CN(C(NC(=O)OCC[Si](C)(C)C)NC(=O)OCC[Si](C)(C)C)[C@@H]([C@H](n4cc(C)c(NC(=O)c5ccccc5)nc4=O)O2)[C@@H]3OP(OCCC#N)N(C(C)C)C(C)C)(c2ccccc2)c2ccc(OC)cc2)cc1. The Morgan fingerprint density at radius 2 is 1.30 bits per heavy atom. The summed E-state index contributed by atoms with van der Waals surface area (Å²) in [4.78, 5) is 63.3. The third-order valence-electron chi connectivity index (χ3n) is 14.6. The first kappa shape index (κ1) is 65.0. The molecule has 5 atom stereocenters. The molecule has 2 aliphatic heterocycles. The van der Waals surface area contributed by atoms with Crippen molar-refractivity contribution in [2.24, 2.45) is 0 Å². The minimum Gasteiger partial charge on any atom is -0.497 e. The maximum absolute atomic E-state index is 15.0. The summed E-state index contributed by atoms with van der Waals surface area (Å²) in [5, 5.41) is 18.5. The van der Waals surface area contributed by atoms with Crippen LogP contribution in [0.4, 0.5) is 15.4 Å². The van der Waals surface area contributed by atoms with Gasteiger partial charge in [-0.1, -0.05) is 112 Å². The predicted octanol–water partition coefficient (Wildman–Crippen LogP) is 10.9. The normalized spacial score (nSPS) is 18.4. The number of nitrogens with one attached hydrogen (secondary N) is 3. The fourth-order valence-electron chi connectivity index (χ4n) is 10.3. The van der Waals surface area contributed by atoms with Crippen LogP contribution in [0.1, 0.15) is 73.0 Å². The fraction of sp³-hybridized carbons (Fsp3) is 0.475. The molecule has 2 bridgehead atoms. The third-order valence-corrected chi connectivity index (χ3v) is 20.1. The van der Waals surface area contributed by atoms with Gasteiger partial charge in [0.05, 0.1) is 59.2 Å². The predicted molar refractivity (Wildman–Crippen MR) is 328 cm³/mol. The van der Waals surface area contributed by atoms with Gasteiger partial charge in [0.1, 0.15) is 34.6 Å². The number of carbonyl (C=O) groups excluding carboxylic acids is 3. The number of benzene rings is 4. The molecule has 2 fully saturated rings. The zero-order valence-electron chi connectivity index (χ0n) is 50.7. The molecule has 0 saturated carbocycles. The van der Waals surface area contributed by atoms with Crippen molar-refractivity contribution in [3.8, 4) is 17.6 Å². The molecule has 3 amide bonds. The van der Waals surface area contributed by atoms with E-state index in [0.29, 0.717) is 34.7 Å². The van der Waals surface area contributed by atoms with Crippen LogP contribution in [-0.2, 0) is 33.6 Å². The zero-order valence-corrected chi connectivity index (χ0v) is 53.6. The molecule has 0 aliphatic carbocycles. The lowest BCUT2D eigenvalue weighted by molar-refractivity contribution is -0.183. The molecule has 23 heteroatoms. The van der Waals surface area contributed by atoms with E-state index in [4.69, 9.17) is 37.5 Å². The Balaban J connectivity index is 1.47. The lowest BCUT2D eigenvalue weighted by Gasteiger charge is -2.43. The summed E-state index contributed by atoms with van der Waals surface area (Å²) >= 11 is 0. The molecule has 3 N–H and O–H groups in total. The van der Waals surface area contributed by atoms with Crippen molar-refractivity contribution in [3.63, 3.8) is 0 Å². The van der Waals surface area contributed by atoms with E-state index in [1.54, 1.807) is 62.6 Å². The first-order valence-electron chi connectivity index (χ1n) is 28.4. The van der Waals surface area contributed by atoms with Gasteiger partial charge >= 0.3 is 17.9 Å². The lowest BCUT2D eigenvalue weighted by Crippen LogP contribution is -2.63. The number of likely N-dealkylation sites (tertiary alicyclic amines) is 1. The second-order valence-electron chi connectivity index (χ2n) is 24.0. The number of hydrogen-bond acceptors (Lipinski definition) is 16. The van der Waals surface area contributed by atoms with Crippen LogP contribution in [0.5, 0.6) is 11.5 Å². The minimum absolute atomic E-state index is 0.0239. The van der Waals surface area contributed by atoms with Crippen LogP contribution in [-0.4, -0.2) is 137 Å². The van der Waals surface area contributed by atoms with Crippen molar-refractivity contribution in [2.75, 3.05) is 52.5 Å². The van der Waals surface area contributed by atoms with Crippen molar-refractivity contribution in [2.45, 2.75) is 140 Å². The number of alkyl carbamates (subject to hydrolysis) is 2. The fourth-order valence-corrected chi connectivity index (χ4v) is 13.5. The van der Waals surface area contributed by atoms with Gasteiger partial charge in [-0.15, -0.1) is 0 Å². The summed E-state index contributed by atoms with van der Waals surface area (Å²) < 4.78 is 55.9. The Hall–Kier alpha value is -6.52. The molecule has 2 saturated heterocycles. The Bertz CT molecular complexity index is 3000. The number of fused-ring (bicyclic) bond motifs is 2. The first-order valence-corrected chi connectivity index (χ1v) is 37.0. The topological polar surface area (TPSA) is 226 Å². The number of aryl methyl sites for hydroxylation is 1. The van der Waals surface area contributed by atoms with Gasteiger partial charge in [0.2, 0.25) is 0 Å². The van der Waals surface area contributed by atoms with Crippen molar-refractivity contribution in [1.29, 1.82) is 5.26 Å². The maximum Gasteiger partial charge on any atom is 0.409 e. The number of methoxy groups -OCH3 is 2. The highest BCUT2D eigenvalue weighted by molar-refractivity contribution is 7.44. The molecular formula is C61H83N8O12PSi2. The number of anilines is 1. The summed E-state index contributed by atoms with van der Waals surface area (Å²) in [6.45, 7) is 22.7. The number of morpholine rings is 1. The van der Waals surface area contributed by atoms with Crippen LogP contribution in [0.3, 0.4) is 0 Å². The van der Waals surface area contributed by atoms with Crippen molar-refractivity contribution in [1.82, 2.24) is 29.8 Å². The standard InChI is InChI=1S/C61H83N8O12PSi2/c1-42(2)69(43(3)4)82(79-34-20-33-62)81-52-51-55(67-39-44(5)53(64-57(67)71)63-54(70)45-21-16-14-17-22-45)80-60(52,40-68(51)56(65-58(72)76-35-37-83(8,9)10)66-59(73)77-36-38-84(11,12)13)41-78-61(46-23-18-15-19-24-46,47-25-29-49(74-6)30-26-47)48-27-31-50(75-7)32-28-48/h14-19,21-32,39,42-43,51-52,55-56H,20,34-38,40-41H2,1-13H3,(H,65,72)(H,66,73)(H,63,64,70,71)/t51-,52+,55-,60-,82?/m1/s1. The smallest absolute Gasteiger partial charge is 0.409 e. The molecule has 0 radical (unpaired) electrons. The van der Waals surface area contributed by atoms with Crippen molar-refractivity contribution < 1.29 is 51.9 Å². The molecular weight excluding hydrogens is 1120 g/mol. The summed E-state index contributed by atoms with van der Waals surface area (Å²) in [5.41, 5.74) is -0.879. The Morgan fingerprint density at radius 3 is 1.79 bits per heavy atom. The summed E-state index contributed by atoms with van der Waals surface area (Å²) in [5.74, 6) is 0.800. The largest absolute Gasteiger partial charge is 0.497 e. The second-order valence-corrected chi connectivity index (χ2v) is 36.6. The highest BCUT2D eigenvalue weighted by Crippen LogP contribution is 2.57. The highest BCUT2D eigenvalue weighted by atomic mass is 31.2. The number of nitrogens with zero attached hydrogens (tertiary/aromatic N) is 5. The Kier molecular flexibility index (Phi) is 22.1. The van der Waals surface area contributed by atoms with Crippen molar-refractivity contribution in [3.05, 3.63) is 154 Å². The second kappa shape index (κ2) is 28.6. The molecule has 20 nitrogen and oxygen atoms in total. The average Bonchev–Trinajstić information content (AvgIpc) is 1.58. The number of rotatable bonds is 28. The molecule has 1 aromatic heterocycles. The third kappa shape index (κ3) is 16.1. The number of aromatic nitrogens is 2. The van der Waals surface area contributed by atoms with E-state index < -0.39 is 84.3 Å². The van der Waals surface area contributed by atoms with E-state index in [9.17, 15) is 24.4 Å². The molecule has 0 spiro atoms. The van der Waals surface area contributed by atoms with Crippen LogP contribution in [0.2, 0.25) is 51.4 Å². The van der Waals surface area contributed by atoms with Crippen LogP contribution in [0.15, 0.2) is 120 Å². The number of amides is 3. The summed E-state index contributed by atoms with van der Waals surface area (Å²) in [7, 11) is -2.24. The van der Waals surface area contributed by atoms with Gasteiger partial charge in [-0.05, 0) is 99.8 Å². The van der Waals surface area contributed by atoms with Crippen LogP contribution >= 0.6 is 8.53 Å². The van der Waals surface area contributed by atoms with Crippen molar-refractivity contribution >= 4 is 48.6 Å². The van der Waals surface area contributed by atoms with Gasteiger partial charge in [0.25, 0.3) is 14.4 Å². The summed E-state index contributed by atoms with van der Waals surface area (Å²) in [6.07, 6.45) is -3.83. The molecule has 84 heavy (non-hydrogen) atoms. The van der Waals surface area contributed by atoms with E-state index in [0.717, 1.165) is 16.7 Å². The Morgan fingerprint density at radius 1 is 0.786 bits per heavy atom. The maximum atomic E-state index is 15.0. The van der Waals surface area contributed by atoms with E-state index in [-0.39, 0.29) is 57.3 Å². The van der Waals surface area contributed by atoms with Gasteiger partial charge in [-0.3, -0.25) is 24.9 Å².